The molecule has 0 aromatic heterocycles. The molecule has 0 N–H and O–H groups in total. The Morgan fingerprint density at radius 3 is 2.59 bits per heavy atom. The van der Waals surface area contributed by atoms with Gasteiger partial charge in [0.2, 0.25) is 15.9 Å². The Morgan fingerprint density at radius 2 is 2.03 bits per heavy atom. The fourth-order valence-electron chi connectivity index (χ4n) is 3.45. The number of nitro groups is 1. The Balaban J connectivity index is 2.43. The molecule has 0 aliphatic carbocycles. The van der Waals surface area contributed by atoms with Crippen molar-refractivity contribution >= 4 is 27.3 Å². The van der Waals surface area contributed by atoms with Crippen LogP contribution in [-0.2, 0) is 14.8 Å². The van der Waals surface area contributed by atoms with Crippen LogP contribution in [0.2, 0.25) is 0 Å². The van der Waals surface area contributed by atoms with E-state index in [0.717, 1.165) is 18.9 Å². The molecule has 0 spiro atoms. The van der Waals surface area contributed by atoms with Gasteiger partial charge in [0.1, 0.15) is 5.69 Å². The van der Waals surface area contributed by atoms with E-state index in [1.165, 1.54) is 21.3 Å². The summed E-state index contributed by atoms with van der Waals surface area (Å²) in [5.41, 5.74) is -0.0610. The average molecular weight is 427 g/mol. The third kappa shape index (κ3) is 5.45. The SMILES string of the molecule is CCCN(CC(=O)N(C)C)c1ccc(S(=O)(=O)N2CCC[C@H](C)C2)cc1[N+](=O)[O-]. The molecule has 1 aliphatic heterocycles. The number of likely N-dealkylation sites (N-methyl/N-ethyl adjacent to an activating group) is 1. The minimum absolute atomic E-state index is 0.0165. The third-order valence-electron chi connectivity index (χ3n) is 5.06. The van der Waals surface area contributed by atoms with Crippen LogP contribution in [0.25, 0.3) is 0 Å². The second-order valence-corrected chi connectivity index (χ2v) is 9.67. The zero-order chi connectivity index (χ0) is 21.8. The van der Waals surface area contributed by atoms with Crippen molar-refractivity contribution in [1.82, 2.24) is 9.21 Å². The number of carbonyl (C=O) groups is 1. The van der Waals surface area contributed by atoms with E-state index in [4.69, 9.17) is 0 Å². The Bertz CT molecular complexity index is 856. The van der Waals surface area contributed by atoms with E-state index in [-0.39, 0.29) is 34.6 Å². The first-order chi connectivity index (χ1) is 13.6. The molecule has 1 aromatic carbocycles. The maximum Gasteiger partial charge on any atom is 0.293 e. The molecule has 2 rings (SSSR count). The molecule has 10 heteroatoms. The molecular weight excluding hydrogens is 396 g/mol. The van der Waals surface area contributed by atoms with Crippen LogP contribution in [0.3, 0.4) is 0 Å². The lowest BCUT2D eigenvalue weighted by atomic mass is 10.0. The van der Waals surface area contributed by atoms with Gasteiger partial charge in [0.25, 0.3) is 5.69 Å². The van der Waals surface area contributed by atoms with Crippen molar-refractivity contribution in [1.29, 1.82) is 0 Å². The van der Waals surface area contributed by atoms with Gasteiger partial charge in [-0.05, 0) is 37.3 Å². The van der Waals surface area contributed by atoms with Crippen molar-refractivity contribution in [2.45, 2.75) is 38.0 Å². The van der Waals surface area contributed by atoms with E-state index in [0.29, 0.717) is 26.1 Å². The van der Waals surface area contributed by atoms with Gasteiger partial charge in [0.15, 0.2) is 0 Å². The Morgan fingerprint density at radius 1 is 1.34 bits per heavy atom. The molecule has 1 aliphatic rings. The summed E-state index contributed by atoms with van der Waals surface area (Å²) in [6.45, 7) is 5.17. The van der Waals surface area contributed by atoms with Crippen molar-refractivity contribution in [2.24, 2.45) is 5.92 Å². The summed E-state index contributed by atoms with van der Waals surface area (Å²) in [5.74, 6) is 0.0663. The van der Waals surface area contributed by atoms with E-state index in [2.05, 4.69) is 0 Å². The quantitative estimate of drug-likeness (QED) is 0.467. The average Bonchev–Trinajstić information content (AvgIpc) is 2.66. The molecular formula is C19H30N4O5S. The smallest absolute Gasteiger partial charge is 0.293 e. The lowest BCUT2D eigenvalue weighted by molar-refractivity contribution is -0.384. The highest BCUT2D eigenvalue weighted by Gasteiger charge is 2.31. The number of nitrogens with zero attached hydrogens (tertiary/aromatic N) is 4. The minimum atomic E-state index is -3.81. The van der Waals surface area contributed by atoms with Gasteiger partial charge in [-0.1, -0.05) is 13.8 Å². The molecule has 29 heavy (non-hydrogen) atoms. The summed E-state index contributed by atoms with van der Waals surface area (Å²) in [5, 5.41) is 11.7. The summed E-state index contributed by atoms with van der Waals surface area (Å²) >= 11 is 0. The van der Waals surface area contributed by atoms with Crippen molar-refractivity contribution in [2.75, 3.05) is 45.2 Å². The van der Waals surface area contributed by atoms with Crippen molar-refractivity contribution in [3.63, 3.8) is 0 Å². The number of rotatable bonds is 8. The molecule has 1 amide bonds. The second kappa shape index (κ2) is 9.53. The van der Waals surface area contributed by atoms with Crippen LogP contribution in [-0.4, -0.2) is 68.7 Å². The molecule has 0 saturated carbocycles. The maximum absolute atomic E-state index is 13.0. The lowest BCUT2D eigenvalue weighted by Gasteiger charge is -2.30. The Kier molecular flexibility index (Phi) is 7.59. The molecule has 1 aromatic rings. The van der Waals surface area contributed by atoms with Crippen LogP contribution < -0.4 is 4.90 Å². The first-order valence-electron chi connectivity index (χ1n) is 9.81. The van der Waals surface area contributed by atoms with Crippen LogP contribution in [0, 0.1) is 16.0 Å². The number of piperidine rings is 1. The fourth-order valence-corrected chi connectivity index (χ4v) is 5.07. The largest absolute Gasteiger partial charge is 0.357 e. The number of hydrogen-bond acceptors (Lipinski definition) is 6. The molecule has 0 bridgehead atoms. The Labute approximate surface area is 172 Å². The molecule has 1 saturated heterocycles. The minimum Gasteiger partial charge on any atom is -0.357 e. The molecule has 1 atom stereocenters. The molecule has 0 unspecified atom stereocenters. The van der Waals surface area contributed by atoms with Crippen LogP contribution in [0.1, 0.15) is 33.1 Å². The van der Waals surface area contributed by atoms with Gasteiger partial charge in [0.05, 0.1) is 16.4 Å². The van der Waals surface area contributed by atoms with Gasteiger partial charge in [0, 0.05) is 39.8 Å². The number of hydrogen-bond donors (Lipinski definition) is 0. The molecule has 162 valence electrons. The van der Waals surface area contributed by atoms with E-state index < -0.39 is 14.9 Å². The zero-order valence-corrected chi connectivity index (χ0v) is 18.3. The van der Waals surface area contributed by atoms with Gasteiger partial charge in [-0.2, -0.15) is 4.31 Å². The molecule has 9 nitrogen and oxygen atoms in total. The lowest BCUT2D eigenvalue weighted by Crippen LogP contribution is -2.39. The van der Waals surface area contributed by atoms with E-state index >= 15 is 0 Å². The van der Waals surface area contributed by atoms with Gasteiger partial charge in [-0.25, -0.2) is 8.42 Å². The number of benzene rings is 1. The fraction of sp³-hybridized carbons (Fsp3) is 0.632. The summed E-state index contributed by atoms with van der Waals surface area (Å²) in [4.78, 5) is 26.3. The van der Waals surface area contributed by atoms with E-state index in [1.807, 2.05) is 13.8 Å². The van der Waals surface area contributed by atoms with Gasteiger partial charge >= 0.3 is 0 Å². The van der Waals surface area contributed by atoms with Crippen molar-refractivity contribution in [3.05, 3.63) is 28.3 Å². The maximum atomic E-state index is 13.0. The van der Waals surface area contributed by atoms with Crippen molar-refractivity contribution in [3.8, 4) is 0 Å². The molecule has 1 fully saturated rings. The standard InChI is InChI=1S/C19H30N4O5S/c1-5-10-21(14-19(24)20(3)4)17-9-8-16(12-18(17)23(25)26)29(27,28)22-11-6-7-15(2)13-22/h8-9,12,15H,5-7,10-11,13-14H2,1-4H3/t15-/m0/s1. The topological polar surface area (TPSA) is 104 Å². The highest BCUT2D eigenvalue weighted by molar-refractivity contribution is 7.89. The van der Waals surface area contributed by atoms with Crippen LogP contribution in [0.5, 0.6) is 0 Å². The number of anilines is 1. The van der Waals surface area contributed by atoms with Gasteiger partial charge in [-0.15, -0.1) is 0 Å². The number of nitro benzene ring substituents is 1. The van der Waals surface area contributed by atoms with Crippen LogP contribution >= 0.6 is 0 Å². The zero-order valence-electron chi connectivity index (χ0n) is 17.5. The summed E-state index contributed by atoms with van der Waals surface area (Å²) in [6.07, 6.45) is 2.43. The first-order valence-corrected chi connectivity index (χ1v) is 11.3. The van der Waals surface area contributed by atoms with Crippen LogP contribution in [0.4, 0.5) is 11.4 Å². The molecule has 0 radical (unpaired) electrons. The monoisotopic (exact) mass is 426 g/mol. The predicted molar refractivity (Wildman–Crippen MR) is 111 cm³/mol. The highest BCUT2D eigenvalue weighted by atomic mass is 32.2. The predicted octanol–water partition coefficient (Wildman–Crippen LogP) is 2.32. The number of sulfonamides is 1. The molecule has 1 heterocycles. The van der Waals surface area contributed by atoms with Crippen LogP contribution in [0.15, 0.2) is 23.1 Å². The van der Waals surface area contributed by atoms with Gasteiger partial charge < -0.3 is 9.80 Å². The first kappa shape index (κ1) is 23.1. The van der Waals surface area contributed by atoms with E-state index in [9.17, 15) is 23.3 Å². The highest BCUT2D eigenvalue weighted by Crippen LogP contribution is 2.33. The normalized spacial score (nSPS) is 17.7. The van der Waals surface area contributed by atoms with Gasteiger partial charge in [-0.3, -0.25) is 14.9 Å². The third-order valence-corrected chi connectivity index (χ3v) is 6.92. The second-order valence-electron chi connectivity index (χ2n) is 7.73. The Hall–Kier alpha value is -2.20. The summed E-state index contributed by atoms with van der Waals surface area (Å²) in [7, 11) is -0.565. The van der Waals surface area contributed by atoms with E-state index in [1.54, 1.807) is 19.0 Å². The number of carbonyl (C=O) groups excluding carboxylic acids is 1. The van der Waals surface area contributed by atoms with Crippen molar-refractivity contribution < 1.29 is 18.1 Å². The summed E-state index contributed by atoms with van der Waals surface area (Å²) < 4.78 is 27.4. The number of amides is 1. The summed E-state index contributed by atoms with van der Waals surface area (Å²) in [6, 6.07) is 3.96.